The van der Waals surface area contributed by atoms with Crippen molar-refractivity contribution in [1.29, 1.82) is 0 Å². The third-order valence-electron chi connectivity index (χ3n) is 5.42. The van der Waals surface area contributed by atoms with Crippen LogP contribution in [0.4, 0.5) is 0 Å². The van der Waals surface area contributed by atoms with E-state index in [0.29, 0.717) is 0 Å². The molecule has 2 fully saturated rings. The molecular weight excluding hydrogens is 232 g/mol. The highest BCUT2D eigenvalue weighted by Gasteiger charge is 2.38. The van der Waals surface area contributed by atoms with E-state index in [0.717, 1.165) is 36.4 Å². The first-order chi connectivity index (χ1) is 9.09. The Labute approximate surface area is 120 Å². The van der Waals surface area contributed by atoms with Gasteiger partial charge in [0, 0.05) is 12.1 Å². The maximum Gasteiger partial charge on any atom is 0.0127 e. The van der Waals surface area contributed by atoms with Crippen LogP contribution >= 0.6 is 0 Å². The summed E-state index contributed by atoms with van der Waals surface area (Å²) in [4.78, 5) is 2.84. The zero-order valence-electron chi connectivity index (χ0n) is 13.5. The topological polar surface area (TPSA) is 15.3 Å². The Morgan fingerprint density at radius 2 is 1.74 bits per heavy atom. The second kappa shape index (κ2) is 7.08. The number of fused-ring (bicyclic) bond motifs is 1. The molecule has 0 aromatic rings. The smallest absolute Gasteiger partial charge is 0.0127 e. The van der Waals surface area contributed by atoms with Crippen molar-refractivity contribution in [3.8, 4) is 0 Å². The maximum absolute atomic E-state index is 3.63. The van der Waals surface area contributed by atoms with Crippen LogP contribution in [0.25, 0.3) is 0 Å². The minimum atomic E-state index is 0.743. The molecule has 1 aliphatic heterocycles. The van der Waals surface area contributed by atoms with E-state index in [1.54, 1.807) is 0 Å². The molecule has 1 aliphatic carbocycles. The fraction of sp³-hybridized carbons (Fsp3) is 1.00. The number of nitrogens with zero attached hydrogens (tertiary/aromatic N) is 1. The average Bonchev–Trinajstić information content (AvgIpc) is 2.81. The lowest BCUT2D eigenvalue weighted by Crippen LogP contribution is -2.46. The highest BCUT2D eigenvalue weighted by atomic mass is 15.2. The summed E-state index contributed by atoms with van der Waals surface area (Å²) in [5, 5.41) is 3.63. The van der Waals surface area contributed by atoms with Crippen molar-refractivity contribution in [3.05, 3.63) is 0 Å². The molecule has 0 radical (unpaired) electrons. The van der Waals surface area contributed by atoms with E-state index >= 15 is 0 Å². The van der Waals surface area contributed by atoms with Crippen LogP contribution in [0.1, 0.15) is 59.8 Å². The third kappa shape index (κ3) is 3.95. The van der Waals surface area contributed by atoms with Crippen molar-refractivity contribution in [2.45, 2.75) is 71.9 Å². The molecule has 0 amide bonds. The lowest BCUT2D eigenvalue weighted by molar-refractivity contribution is 0.109. The van der Waals surface area contributed by atoms with Crippen molar-refractivity contribution in [2.24, 2.45) is 17.8 Å². The Morgan fingerprint density at radius 1 is 1.00 bits per heavy atom. The number of likely N-dealkylation sites (tertiary alicyclic amines) is 1. The molecule has 1 N–H and O–H groups in total. The average molecular weight is 266 g/mol. The quantitative estimate of drug-likeness (QED) is 0.791. The molecule has 2 rings (SSSR count). The number of hydrogen-bond acceptors (Lipinski definition) is 2. The molecule has 19 heavy (non-hydrogen) atoms. The molecule has 1 heterocycles. The molecule has 0 aromatic heterocycles. The summed E-state index contributed by atoms with van der Waals surface area (Å²) >= 11 is 0. The Bertz CT molecular complexity index is 264. The number of rotatable bonds is 6. The van der Waals surface area contributed by atoms with Crippen LogP contribution in [0.15, 0.2) is 0 Å². The molecule has 2 nitrogen and oxygen atoms in total. The van der Waals surface area contributed by atoms with Gasteiger partial charge in [-0.2, -0.15) is 0 Å². The van der Waals surface area contributed by atoms with Crippen LogP contribution in [0, 0.1) is 17.8 Å². The van der Waals surface area contributed by atoms with Crippen molar-refractivity contribution in [1.82, 2.24) is 10.2 Å². The SMILES string of the molecule is CC(C)CNCC(C)C(C)N1CCC2CCCCC21. The fourth-order valence-corrected chi connectivity index (χ4v) is 4.04. The second-order valence-electron chi connectivity index (χ2n) is 7.41. The van der Waals surface area contributed by atoms with E-state index < -0.39 is 0 Å². The largest absolute Gasteiger partial charge is 0.316 e. The summed E-state index contributed by atoms with van der Waals surface area (Å²) in [5.41, 5.74) is 0. The second-order valence-corrected chi connectivity index (χ2v) is 7.41. The predicted octanol–water partition coefficient (Wildman–Crippen LogP) is 3.52. The summed E-state index contributed by atoms with van der Waals surface area (Å²) < 4.78 is 0. The molecular formula is C17H34N2. The standard InChI is InChI=1S/C17H34N2/c1-13(2)11-18-12-14(3)15(4)19-10-9-16-7-5-6-8-17(16)19/h13-18H,5-12H2,1-4H3. The van der Waals surface area contributed by atoms with Gasteiger partial charge in [-0.3, -0.25) is 4.90 Å². The lowest BCUT2D eigenvalue weighted by Gasteiger charge is -2.38. The first kappa shape index (κ1) is 15.3. The molecule has 1 saturated carbocycles. The summed E-state index contributed by atoms with van der Waals surface area (Å²) in [7, 11) is 0. The molecule has 1 saturated heterocycles. The number of hydrogen-bond donors (Lipinski definition) is 1. The first-order valence-corrected chi connectivity index (χ1v) is 8.56. The maximum atomic E-state index is 3.63. The van der Waals surface area contributed by atoms with Gasteiger partial charge in [-0.1, -0.05) is 33.6 Å². The molecule has 4 atom stereocenters. The summed E-state index contributed by atoms with van der Waals surface area (Å²) in [6.07, 6.45) is 7.36. The molecule has 4 unspecified atom stereocenters. The van der Waals surface area contributed by atoms with E-state index in [1.165, 1.54) is 45.2 Å². The molecule has 0 aromatic carbocycles. The summed E-state index contributed by atoms with van der Waals surface area (Å²) in [5.74, 6) is 2.54. The van der Waals surface area contributed by atoms with Gasteiger partial charge in [0.25, 0.3) is 0 Å². The van der Waals surface area contributed by atoms with Crippen LogP contribution in [0.3, 0.4) is 0 Å². The zero-order chi connectivity index (χ0) is 13.8. The van der Waals surface area contributed by atoms with E-state index in [4.69, 9.17) is 0 Å². The molecule has 2 heteroatoms. The van der Waals surface area contributed by atoms with Crippen LogP contribution in [0.2, 0.25) is 0 Å². The third-order valence-corrected chi connectivity index (χ3v) is 5.42. The first-order valence-electron chi connectivity index (χ1n) is 8.56. The van der Waals surface area contributed by atoms with Gasteiger partial charge in [0.2, 0.25) is 0 Å². The van der Waals surface area contributed by atoms with E-state index in [2.05, 4.69) is 37.9 Å². The Balaban J connectivity index is 1.79. The van der Waals surface area contributed by atoms with Gasteiger partial charge in [-0.05, 0) is 63.6 Å². The van der Waals surface area contributed by atoms with Gasteiger partial charge < -0.3 is 5.32 Å². The minimum absolute atomic E-state index is 0.743. The van der Waals surface area contributed by atoms with Crippen LogP contribution < -0.4 is 5.32 Å². The summed E-state index contributed by atoms with van der Waals surface area (Å²) in [6.45, 7) is 13.1. The van der Waals surface area contributed by atoms with E-state index in [1.807, 2.05) is 0 Å². The molecule has 2 aliphatic rings. The molecule has 112 valence electrons. The van der Waals surface area contributed by atoms with E-state index in [9.17, 15) is 0 Å². The van der Waals surface area contributed by atoms with Gasteiger partial charge >= 0.3 is 0 Å². The predicted molar refractivity (Wildman–Crippen MR) is 83.4 cm³/mol. The van der Waals surface area contributed by atoms with Gasteiger partial charge in [-0.15, -0.1) is 0 Å². The highest BCUT2D eigenvalue weighted by molar-refractivity contribution is 4.93. The fourth-order valence-electron chi connectivity index (χ4n) is 4.04. The normalized spacial score (nSPS) is 31.4. The molecule has 0 bridgehead atoms. The highest BCUT2D eigenvalue weighted by Crippen LogP contribution is 2.38. The van der Waals surface area contributed by atoms with Crippen LogP contribution in [0.5, 0.6) is 0 Å². The van der Waals surface area contributed by atoms with Crippen LogP contribution in [-0.2, 0) is 0 Å². The minimum Gasteiger partial charge on any atom is -0.316 e. The van der Waals surface area contributed by atoms with E-state index in [-0.39, 0.29) is 0 Å². The van der Waals surface area contributed by atoms with Crippen molar-refractivity contribution < 1.29 is 0 Å². The lowest BCUT2D eigenvalue weighted by atomic mass is 9.84. The Hall–Kier alpha value is -0.0800. The number of nitrogens with one attached hydrogen (secondary N) is 1. The molecule has 0 spiro atoms. The van der Waals surface area contributed by atoms with Crippen molar-refractivity contribution in [2.75, 3.05) is 19.6 Å². The van der Waals surface area contributed by atoms with Crippen molar-refractivity contribution >= 4 is 0 Å². The zero-order valence-corrected chi connectivity index (χ0v) is 13.5. The van der Waals surface area contributed by atoms with Gasteiger partial charge in [0.1, 0.15) is 0 Å². The van der Waals surface area contributed by atoms with Gasteiger partial charge in [-0.25, -0.2) is 0 Å². The van der Waals surface area contributed by atoms with Crippen LogP contribution in [-0.4, -0.2) is 36.6 Å². The summed E-state index contributed by atoms with van der Waals surface area (Å²) in [6, 6.07) is 1.66. The van der Waals surface area contributed by atoms with Crippen molar-refractivity contribution in [3.63, 3.8) is 0 Å². The van der Waals surface area contributed by atoms with Gasteiger partial charge in [0.15, 0.2) is 0 Å². The monoisotopic (exact) mass is 266 g/mol. The Morgan fingerprint density at radius 3 is 2.47 bits per heavy atom. The Kier molecular flexibility index (Phi) is 5.70. The van der Waals surface area contributed by atoms with Gasteiger partial charge in [0.05, 0.1) is 0 Å².